The number of esters is 2. The molecule has 1 saturated heterocycles. The number of thiazole rings is 1. The second-order valence-corrected chi connectivity index (χ2v) is 7.93. The summed E-state index contributed by atoms with van der Waals surface area (Å²) >= 11 is 1.34. The van der Waals surface area contributed by atoms with E-state index in [0.717, 1.165) is 16.7 Å². The molecule has 1 aliphatic heterocycles. The lowest BCUT2D eigenvalue weighted by Crippen LogP contribution is -2.32. The zero-order valence-corrected chi connectivity index (χ0v) is 17.6. The summed E-state index contributed by atoms with van der Waals surface area (Å²) in [6, 6.07) is 16.9. The molecule has 1 fully saturated rings. The predicted octanol–water partition coefficient (Wildman–Crippen LogP) is 3.52. The number of cyclic esters (lactones) is 1. The maximum atomic E-state index is 12.6. The highest BCUT2D eigenvalue weighted by Crippen LogP contribution is 2.33. The lowest BCUT2D eigenvalue weighted by molar-refractivity contribution is -0.147. The van der Waals surface area contributed by atoms with E-state index in [0.29, 0.717) is 11.4 Å². The van der Waals surface area contributed by atoms with Gasteiger partial charge in [-0.15, -0.1) is 11.3 Å². The number of methoxy groups -OCH3 is 1. The fourth-order valence-electron chi connectivity index (χ4n) is 3.40. The van der Waals surface area contributed by atoms with Gasteiger partial charge in [0.1, 0.15) is 17.0 Å². The molecule has 7 nitrogen and oxygen atoms in total. The second kappa shape index (κ2) is 9.09. The van der Waals surface area contributed by atoms with Crippen LogP contribution in [0.4, 0.5) is 0 Å². The van der Waals surface area contributed by atoms with Crippen molar-refractivity contribution in [2.24, 2.45) is 5.92 Å². The summed E-state index contributed by atoms with van der Waals surface area (Å²) < 4.78 is 10.1. The van der Waals surface area contributed by atoms with Crippen LogP contribution in [-0.4, -0.2) is 29.9 Å². The number of carbonyl (C=O) groups is 3. The van der Waals surface area contributed by atoms with Crippen molar-refractivity contribution in [1.29, 1.82) is 0 Å². The van der Waals surface area contributed by atoms with Gasteiger partial charge in [-0.25, -0.2) is 9.78 Å². The van der Waals surface area contributed by atoms with Gasteiger partial charge in [0.05, 0.1) is 7.11 Å². The summed E-state index contributed by atoms with van der Waals surface area (Å²) in [5.74, 6) is -2.16. The first-order valence-electron chi connectivity index (χ1n) is 9.71. The third-order valence-electron chi connectivity index (χ3n) is 5.02. The van der Waals surface area contributed by atoms with Crippen molar-refractivity contribution in [2.45, 2.75) is 19.1 Å². The van der Waals surface area contributed by atoms with Crippen LogP contribution in [0.15, 0.2) is 60.0 Å². The van der Waals surface area contributed by atoms with Gasteiger partial charge in [-0.05, 0) is 17.2 Å². The van der Waals surface area contributed by atoms with E-state index < -0.39 is 24.0 Å². The molecule has 2 heterocycles. The number of nitrogens with zero attached hydrogens (tertiary/aromatic N) is 1. The molecule has 0 spiro atoms. The van der Waals surface area contributed by atoms with Gasteiger partial charge >= 0.3 is 11.9 Å². The average molecular weight is 436 g/mol. The molecule has 0 radical (unpaired) electrons. The van der Waals surface area contributed by atoms with Gasteiger partial charge in [0, 0.05) is 23.9 Å². The van der Waals surface area contributed by atoms with E-state index in [1.165, 1.54) is 18.4 Å². The van der Waals surface area contributed by atoms with Crippen LogP contribution in [0.25, 0.3) is 10.6 Å². The normalized spacial score (nSPS) is 17.8. The molecule has 2 unspecified atom stereocenters. The van der Waals surface area contributed by atoms with Crippen molar-refractivity contribution < 1.29 is 23.9 Å². The Balaban J connectivity index is 1.39. The molecule has 2 aromatic carbocycles. The fraction of sp³-hybridized carbons (Fsp3) is 0.217. The van der Waals surface area contributed by atoms with Crippen LogP contribution in [0, 0.1) is 5.92 Å². The van der Waals surface area contributed by atoms with Crippen LogP contribution < -0.4 is 5.32 Å². The van der Waals surface area contributed by atoms with Crippen molar-refractivity contribution in [2.75, 3.05) is 7.11 Å². The number of amides is 1. The maximum absolute atomic E-state index is 12.6. The van der Waals surface area contributed by atoms with Crippen LogP contribution in [0.1, 0.15) is 34.1 Å². The quantitative estimate of drug-likeness (QED) is 0.469. The van der Waals surface area contributed by atoms with Gasteiger partial charge in [-0.2, -0.15) is 0 Å². The lowest BCUT2D eigenvalue weighted by Gasteiger charge is -2.09. The Morgan fingerprint density at radius 1 is 1.19 bits per heavy atom. The number of aromatic nitrogens is 1. The predicted molar refractivity (Wildman–Crippen MR) is 114 cm³/mol. The standard InChI is InChI=1S/C23H20N2O5S/c1-29-23(28)18-13-31-21(25-18)16-9-5-6-14(10-16)12-24-20(26)17-11-19(30-22(17)27)15-7-3-2-4-8-15/h2-10,13,17,19H,11-12H2,1H3,(H,24,26). The third kappa shape index (κ3) is 4.64. The van der Waals surface area contributed by atoms with Crippen LogP contribution in [0.2, 0.25) is 0 Å². The third-order valence-corrected chi connectivity index (χ3v) is 5.91. The lowest BCUT2D eigenvalue weighted by atomic mass is 9.99. The first-order chi connectivity index (χ1) is 15.0. The summed E-state index contributed by atoms with van der Waals surface area (Å²) in [6.07, 6.45) is -0.0777. The van der Waals surface area contributed by atoms with Crippen molar-refractivity contribution in [1.82, 2.24) is 10.3 Å². The molecule has 31 heavy (non-hydrogen) atoms. The van der Waals surface area contributed by atoms with Crippen molar-refractivity contribution in [3.05, 3.63) is 76.8 Å². The Morgan fingerprint density at radius 2 is 2.00 bits per heavy atom. The van der Waals surface area contributed by atoms with E-state index in [1.54, 1.807) is 5.38 Å². The second-order valence-electron chi connectivity index (χ2n) is 7.07. The van der Waals surface area contributed by atoms with Crippen LogP contribution >= 0.6 is 11.3 Å². The van der Waals surface area contributed by atoms with Gasteiger partial charge in [-0.3, -0.25) is 9.59 Å². The summed E-state index contributed by atoms with van der Waals surface area (Å²) in [6.45, 7) is 0.266. The molecular weight excluding hydrogens is 416 g/mol. The highest BCUT2D eigenvalue weighted by Gasteiger charge is 2.40. The van der Waals surface area contributed by atoms with E-state index in [-0.39, 0.29) is 18.1 Å². The van der Waals surface area contributed by atoms with Gasteiger partial charge in [0.15, 0.2) is 5.69 Å². The first-order valence-corrected chi connectivity index (χ1v) is 10.6. The first kappa shape index (κ1) is 20.7. The Bertz CT molecular complexity index is 1110. The van der Waals surface area contributed by atoms with Crippen LogP contribution in [-0.2, 0) is 25.6 Å². The van der Waals surface area contributed by atoms with Gasteiger partial charge < -0.3 is 14.8 Å². The molecule has 2 atom stereocenters. The van der Waals surface area contributed by atoms with Gasteiger partial charge in [0.25, 0.3) is 0 Å². The molecule has 1 amide bonds. The molecule has 158 valence electrons. The highest BCUT2D eigenvalue weighted by atomic mass is 32.1. The monoisotopic (exact) mass is 436 g/mol. The maximum Gasteiger partial charge on any atom is 0.357 e. The Morgan fingerprint density at radius 3 is 2.77 bits per heavy atom. The number of hydrogen-bond acceptors (Lipinski definition) is 7. The molecule has 3 aromatic rings. The highest BCUT2D eigenvalue weighted by molar-refractivity contribution is 7.13. The molecule has 1 aliphatic rings. The topological polar surface area (TPSA) is 94.6 Å². The smallest absolute Gasteiger partial charge is 0.357 e. The molecule has 0 saturated carbocycles. The van der Waals surface area contributed by atoms with Crippen molar-refractivity contribution in [3.8, 4) is 10.6 Å². The van der Waals surface area contributed by atoms with Gasteiger partial charge in [0.2, 0.25) is 5.91 Å². The van der Waals surface area contributed by atoms with Crippen LogP contribution in [0.3, 0.4) is 0 Å². The van der Waals surface area contributed by atoms with Crippen LogP contribution in [0.5, 0.6) is 0 Å². The number of hydrogen-bond donors (Lipinski definition) is 1. The SMILES string of the molecule is COC(=O)c1csc(-c2cccc(CNC(=O)C3CC(c4ccccc4)OC3=O)c2)n1. The van der Waals surface area contributed by atoms with E-state index in [9.17, 15) is 14.4 Å². The summed E-state index contributed by atoms with van der Waals surface area (Å²) in [4.78, 5) is 40.7. The molecule has 1 aromatic heterocycles. The minimum atomic E-state index is -0.824. The molecule has 4 rings (SSSR count). The summed E-state index contributed by atoms with van der Waals surface area (Å²) in [5, 5.41) is 5.15. The zero-order valence-electron chi connectivity index (χ0n) is 16.7. The molecule has 1 N–H and O–H groups in total. The molecule has 8 heteroatoms. The van der Waals surface area contributed by atoms with Crippen molar-refractivity contribution >= 4 is 29.2 Å². The Hall–Kier alpha value is -3.52. The van der Waals surface area contributed by atoms with Gasteiger partial charge in [-0.1, -0.05) is 48.5 Å². The largest absolute Gasteiger partial charge is 0.464 e. The van der Waals surface area contributed by atoms with Crippen molar-refractivity contribution in [3.63, 3.8) is 0 Å². The van der Waals surface area contributed by atoms with E-state index in [4.69, 9.17) is 4.74 Å². The van der Waals surface area contributed by atoms with E-state index in [2.05, 4.69) is 15.0 Å². The number of rotatable bonds is 6. The fourth-order valence-corrected chi connectivity index (χ4v) is 4.18. The Labute approximate surface area is 183 Å². The molecular formula is C23H20N2O5S. The number of benzene rings is 2. The minimum Gasteiger partial charge on any atom is -0.464 e. The minimum absolute atomic E-state index is 0.258. The molecule has 0 bridgehead atoms. The van der Waals surface area contributed by atoms with E-state index >= 15 is 0 Å². The zero-order chi connectivity index (χ0) is 21.8. The summed E-state index contributed by atoms with van der Waals surface area (Å²) in [7, 11) is 1.31. The molecule has 0 aliphatic carbocycles. The number of nitrogens with one attached hydrogen (secondary N) is 1. The number of ether oxygens (including phenoxy) is 2. The summed E-state index contributed by atoms with van der Waals surface area (Å²) in [5.41, 5.74) is 2.82. The average Bonchev–Trinajstić information content (AvgIpc) is 3.45. The van der Waals surface area contributed by atoms with E-state index in [1.807, 2.05) is 54.6 Å². The Kier molecular flexibility index (Phi) is 6.08. The number of carbonyl (C=O) groups excluding carboxylic acids is 3.